The van der Waals surface area contributed by atoms with Crippen LogP contribution in [-0.2, 0) is 11.3 Å². The largest absolute Gasteiger partial charge is 0.508 e. The number of amides is 1. The molecule has 2 bridgehead atoms. The van der Waals surface area contributed by atoms with Crippen LogP contribution in [0.2, 0.25) is 0 Å². The summed E-state index contributed by atoms with van der Waals surface area (Å²) in [5, 5.41) is 9.91. The maximum absolute atomic E-state index is 13.2. The molecule has 32 heavy (non-hydrogen) atoms. The number of rotatable bonds is 8. The zero-order valence-corrected chi connectivity index (χ0v) is 19.8. The van der Waals surface area contributed by atoms with Gasteiger partial charge in [-0.2, -0.15) is 0 Å². The van der Waals surface area contributed by atoms with Crippen LogP contribution in [0.4, 0.5) is 0 Å². The maximum atomic E-state index is 13.2. The van der Waals surface area contributed by atoms with E-state index >= 15 is 0 Å². The molecule has 2 aromatic rings. The minimum Gasteiger partial charge on any atom is -0.508 e. The summed E-state index contributed by atoms with van der Waals surface area (Å²) in [6.45, 7) is 8.09. The number of carbonyl (C=O) groups excluding carboxylic acids is 1. The predicted molar refractivity (Wildman–Crippen MR) is 130 cm³/mol. The predicted octanol–water partition coefficient (Wildman–Crippen LogP) is 5.57. The third-order valence-corrected chi connectivity index (χ3v) is 7.33. The summed E-state index contributed by atoms with van der Waals surface area (Å²) in [4.78, 5) is 18.0. The zero-order chi connectivity index (χ0) is 22.7. The summed E-state index contributed by atoms with van der Waals surface area (Å²) in [7, 11) is 0. The van der Waals surface area contributed by atoms with Gasteiger partial charge >= 0.3 is 0 Å². The van der Waals surface area contributed by atoms with E-state index in [0.717, 1.165) is 19.4 Å². The molecule has 2 aromatic carbocycles. The fraction of sp³-hybridized carbons (Fsp3) is 0.536. The van der Waals surface area contributed by atoms with Crippen molar-refractivity contribution < 1.29 is 9.90 Å². The van der Waals surface area contributed by atoms with Crippen molar-refractivity contribution >= 4 is 5.91 Å². The first-order valence-electron chi connectivity index (χ1n) is 12.3. The van der Waals surface area contributed by atoms with Crippen molar-refractivity contribution in [3.05, 3.63) is 65.7 Å². The van der Waals surface area contributed by atoms with Gasteiger partial charge in [0.2, 0.25) is 5.91 Å². The summed E-state index contributed by atoms with van der Waals surface area (Å²) < 4.78 is 0. The number of carbonyl (C=O) groups is 1. The van der Waals surface area contributed by atoms with E-state index in [0.29, 0.717) is 42.6 Å². The van der Waals surface area contributed by atoms with Gasteiger partial charge in [-0.1, -0.05) is 56.3 Å². The summed E-state index contributed by atoms with van der Waals surface area (Å²) in [5.41, 5.74) is 2.47. The number of benzene rings is 2. The third kappa shape index (κ3) is 5.35. The van der Waals surface area contributed by atoms with E-state index in [1.807, 2.05) is 18.2 Å². The summed E-state index contributed by atoms with van der Waals surface area (Å²) in [5.74, 6) is 1.51. The third-order valence-electron chi connectivity index (χ3n) is 7.33. The van der Waals surface area contributed by atoms with Crippen LogP contribution >= 0.6 is 0 Å². The van der Waals surface area contributed by atoms with Gasteiger partial charge in [0.15, 0.2) is 0 Å². The number of aromatic hydroxyl groups is 1. The lowest BCUT2D eigenvalue weighted by molar-refractivity contribution is -0.135. The molecule has 2 fully saturated rings. The first-order valence-corrected chi connectivity index (χ1v) is 12.3. The second-order valence-corrected chi connectivity index (χ2v) is 10.3. The highest BCUT2D eigenvalue weighted by atomic mass is 16.3. The molecule has 2 aliphatic heterocycles. The molecule has 172 valence electrons. The normalized spacial score (nSPS) is 23.9. The van der Waals surface area contributed by atoms with Crippen molar-refractivity contribution in [1.82, 2.24) is 9.80 Å². The number of fused-ring (bicyclic) bond motifs is 2. The molecule has 2 unspecified atom stereocenters. The van der Waals surface area contributed by atoms with Crippen molar-refractivity contribution in [1.29, 1.82) is 0 Å². The molecule has 4 rings (SSSR count). The number of phenols is 1. The van der Waals surface area contributed by atoms with Crippen LogP contribution in [-0.4, -0.2) is 45.5 Å². The number of hydrogen-bond acceptors (Lipinski definition) is 3. The Kier molecular flexibility index (Phi) is 7.20. The van der Waals surface area contributed by atoms with Gasteiger partial charge in [-0.3, -0.25) is 9.69 Å². The Morgan fingerprint density at radius 1 is 1.03 bits per heavy atom. The molecule has 4 heteroatoms. The summed E-state index contributed by atoms with van der Waals surface area (Å²) >= 11 is 0. The molecule has 0 spiro atoms. The molecule has 4 nitrogen and oxygen atoms in total. The van der Waals surface area contributed by atoms with Gasteiger partial charge < -0.3 is 10.0 Å². The van der Waals surface area contributed by atoms with Crippen LogP contribution in [0.15, 0.2) is 54.6 Å². The number of piperidine rings is 1. The number of hydrogen-bond donors (Lipinski definition) is 1. The molecule has 2 aliphatic rings. The van der Waals surface area contributed by atoms with E-state index in [1.165, 1.54) is 24.0 Å². The minimum atomic E-state index is 0.182. The van der Waals surface area contributed by atoms with Gasteiger partial charge in [0, 0.05) is 37.6 Å². The Hall–Kier alpha value is -2.33. The van der Waals surface area contributed by atoms with E-state index < -0.39 is 0 Å². The first kappa shape index (κ1) is 22.8. The molecule has 1 amide bonds. The molecule has 3 atom stereocenters. The lowest BCUT2D eigenvalue weighted by atomic mass is 9.85. The monoisotopic (exact) mass is 434 g/mol. The average Bonchev–Trinajstić information content (AvgIpc) is 2.99. The Morgan fingerprint density at radius 3 is 2.34 bits per heavy atom. The highest BCUT2D eigenvalue weighted by Gasteiger charge is 2.42. The van der Waals surface area contributed by atoms with E-state index in [4.69, 9.17) is 0 Å². The summed E-state index contributed by atoms with van der Waals surface area (Å²) in [6, 6.07) is 19.5. The fourth-order valence-electron chi connectivity index (χ4n) is 5.76. The van der Waals surface area contributed by atoms with E-state index in [9.17, 15) is 9.90 Å². The standard InChI is InChI=1S/C28H38N2O2/c1-20(2)14-28(32)29(19-22-8-5-4-6-9-22)21(3)18-30-25-12-13-26(30)16-24(15-25)23-10-7-11-27(31)17-23/h4-11,17,20-21,24-26,31H,12-16,18-19H2,1-3H3/t21-,24?,25?,26?/m1/s1. The van der Waals surface area contributed by atoms with Gasteiger partial charge in [0.25, 0.3) is 0 Å². The van der Waals surface area contributed by atoms with Crippen molar-refractivity contribution in [3.63, 3.8) is 0 Å². The second kappa shape index (κ2) is 10.1. The molecule has 1 N–H and O–H groups in total. The van der Waals surface area contributed by atoms with Crippen LogP contribution in [0.1, 0.15) is 69.9 Å². The van der Waals surface area contributed by atoms with Gasteiger partial charge in [-0.15, -0.1) is 0 Å². The van der Waals surface area contributed by atoms with E-state index in [-0.39, 0.29) is 11.9 Å². The molecule has 2 saturated heterocycles. The van der Waals surface area contributed by atoms with Crippen LogP contribution in [0.25, 0.3) is 0 Å². The Balaban J connectivity index is 1.45. The fourth-order valence-corrected chi connectivity index (χ4v) is 5.76. The molecule has 2 heterocycles. The maximum Gasteiger partial charge on any atom is 0.223 e. The highest BCUT2D eigenvalue weighted by Crippen LogP contribution is 2.43. The molecule has 0 aliphatic carbocycles. The zero-order valence-electron chi connectivity index (χ0n) is 19.8. The lowest BCUT2D eigenvalue weighted by Crippen LogP contribution is -2.50. The Morgan fingerprint density at radius 2 is 1.72 bits per heavy atom. The van der Waals surface area contributed by atoms with E-state index in [2.05, 4.69) is 60.9 Å². The number of nitrogens with zero attached hydrogens (tertiary/aromatic N) is 2. The van der Waals surface area contributed by atoms with Crippen LogP contribution in [0, 0.1) is 5.92 Å². The van der Waals surface area contributed by atoms with Crippen molar-refractivity contribution in [3.8, 4) is 5.75 Å². The Bertz CT molecular complexity index is 883. The minimum absolute atomic E-state index is 0.182. The van der Waals surface area contributed by atoms with Crippen molar-refractivity contribution in [2.45, 2.75) is 83.5 Å². The van der Waals surface area contributed by atoms with Crippen LogP contribution < -0.4 is 0 Å². The van der Waals surface area contributed by atoms with Crippen molar-refractivity contribution in [2.24, 2.45) is 5.92 Å². The topological polar surface area (TPSA) is 43.8 Å². The quantitative estimate of drug-likeness (QED) is 0.591. The van der Waals surface area contributed by atoms with Gasteiger partial charge in [-0.05, 0) is 67.7 Å². The number of phenolic OH excluding ortho intramolecular Hbond substituents is 1. The average molecular weight is 435 g/mol. The molecule has 0 aromatic heterocycles. The first-order chi connectivity index (χ1) is 15.4. The van der Waals surface area contributed by atoms with Gasteiger partial charge in [-0.25, -0.2) is 0 Å². The van der Waals surface area contributed by atoms with E-state index in [1.54, 1.807) is 6.07 Å². The Labute approximate surface area is 193 Å². The molecular formula is C28H38N2O2. The van der Waals surface area contributed by atoms with Crippen molar-refractivity contribution in [2.75, 3.05) is 6.54 Å². The second-order valence-electron chi connectivity index (χ2n) is 10.3. The molecular weight excluding hydrogens is 396 g/mol. The summed E-state index contributed by atoms with van der Waals surface area (Å²) in [6.07, 6.45) is 5.37. The van der Waals surface area contributed by atoms with Crippen LogP contribution in [0.3, 0.4) is 0 Å². The van der Waals surface area contributed by atoms with Crippen LogP contribution in [0.5, 0.6) is 5.75 Å². The van der Waals surface area contributed by atoms with Gasteiger partial charge in [0.1, 0.15) is 5.75 Å². The smallest absolute Gasteiger partial charge is 0.223 e. The molecule has 0 saturated carbocycles. The highest BCUT2D eigenvalue weighted by molar-refractivity contribution is 5.76. The molecule has 0 radical (unpaired) electrons. The van der Waals surface area contributed by atoms with Gasteiger partial charge in [0.05, 0.1) is 0 Å². The SMILES string of the molecule is CC(C)CC(=O)N(Cc1ccccc1)[C@H](C)CN1C2CCC1CC(c1cccc(O)c1)C2. The lowest BCUT2D eigenvalue weighted by Gasteiger charge is -2.42.